The zero-order valence-corrected chi connectivity index (χ0v) is 16.9. The van der Waals surface area contributed by atoms with Crippen molar-refractivity contribution < 1.29 is 4.74 Å². The van der Waals surface area contributed by atoms with Crippen molar-refractivity contribution in [3.8, 4) is 17.6 Å². The summed E-state index contributed by atoms with van der Waals surface area (Å²) in [5.74, 6) is 8.43. The fraction of sp³-hybridized carbons (Fsp3) is 0.385. The van der Waals surface area contributed by atoms with Crippen molar-refractivity contribution in [1.82, 2.24) is 4.90 Å². The van der Waals surface area contributed by atoms with Crippen LogP contribution in [0, 0.1) is 17.8 Å². The molecule has 2 aromatic rings. The second kappa shape index (κ2) is 8.25. The Kier molecular flexibility index (Phi) is 5.55. The van der Waals surface area contributed by atoms with Gasteiger partial charge in [-0.25, -0.2) is 0 Å². The summed E-state index contributed by atoms with van der Waals surface area (Å²) < 4.78 is 5.54. The van der Waals surface area contributed by atoms with Gasteiger partial charge in [-0.15, -0.1) is 0 Å². The van der Waals surface area contributed by atoms with Crippen molar-refractivity contribution in [2.45, 2.75) is 31.6 Å². The first kappa shape index (κ1) is 18.8. The summed E-state index contributed by atoms with van der Waals surface area (Å²) in [6.07, 6.45) is 5.92. The van der Waals surface area contributed by atoms with E-state index in [0.717, 1.165) is 37.2 Å². The van der Waals surface area contributed by atoms with E-state index < -0.39 is 0 Å². The van der Waals surface area contributed by atoms with E-state index in [1.54, 1.807) is 7.11 Å². The van der Waals surface area contributed by atoms with Crippen LogP contribution in [-0.2, 0) is 5.41 Å². The van der Waals surface area contributed by atoms with E-state index >= 15 is 0 Å². The van der Waals surface area contributed by atoms with Gasteiger partial charge in [0.2, 0.25) is 0 Å². The number of ether oxygens (including phenoxy) is 1. The van der Waals surface area contributed by atoms with Gasteiger partial charge in [0.05, 0.1) is 7.11 Å². The number of allylic oxidation sites excluding steroid dienone is 2. The van der Waals surface area contributed by atoms with Crippen LogP contribution in [0.1, 0.15) is 37.3 Å². The molecule has 2 unspecified atom stereocenters. The molecule has 1 saturated heterocycles. The quantitative estimate of drug-likeness (QED) is 0.700. The normalized spacial score (nSPS) is 24.5. The number of piperidine rings is 1. The first-order chi connectivity index (χ1) is 13.7. The Labute approximate surface area is 169 Å². The predicted octanol–water partition coefficient (Wildman–Crippen LogP) is 5.05. The third kappa shape index (κ3) is 3.73. The topological polar surface area (TPSA) is 12.5 Å². The zero-order valence-electron chi connectivity index (χ0n) is 16.9. The van der Waals surface area contributed by atoms with Gasteiger partial charge in [-0.3, -0.25) is 0 Å². The molecule has 0 bridgehead atoms. The SMILES string of the molecule is CCN1CCC2(c3cccc(OC)c3)C=C(C#Cc3ccccc3)CCC2C1. The Morgan fingerprint density at radius 1 is 1.11 bits per heavy atom. The first-order valence-corrected chi connectivity index (χ1v) is 10.4. The lowest BCUT2D eigenvalue weighted by Gasteiger charge is -2.49. The van der Waals surface area contributed by atoms with E-state index in [-0.39, 0.29) is 5.41 Å². The summed E-state index contributed by atoms with van der Waals surface area (Å²) in [5, 5.41) is 0. The molecule has 0 radical (unpaired) electrons. The van der Waals surface area contributed by atoms with E-state index in [4.69, 9.17) is 4.74 Å². The van der Waals surface area contributed by atoms with Gasteiger partial charge in [0, 0.05) is 17.5 Å². The van der Waals surface area contributed by atoms with Crippen molar-refractivity contribution in [1.29, 1.82) is 0 Å². The standard InChI is InChI=1S/C26H29NO/c1-3-27-17-16-26(23-10-7-11-25(18-23)28-2)19-22(14-15-24(26)20-27)13-12-21-8-5-4-6-9-21/h4-11,18-19,24H,3,14-17,20H2,1-2H3. The number of rotatable bonds is 3. The van der Waals surface area contributed by atoms with E-state index in [0.29, 0.717) is 5.92 Å². The molecule has 0 N–H and O–H groups in total. The molecule has 2 aliphatic rings. The average molecular weight is 372 g/mol. The number of benzene rings is 2. The molecule has 2 atom stereocenters. The van der Waals surface area contributed by atoms with Crippen LogP contribution in [-0.4, -0.2) is 31.6 Å². The van der Waals surface area contributed by atoms with Crippen molar-refractivity contribution in [3.63, 3.8) is 0 Å². The number of hydrogen-bond acceptors (Lipinski definition) is 2. The molecule has 1 fully saturated rings. The Hall–Kier alpha value is -2.50. The lowest BCUT2D eigenvalue weighted by atomic mass is 9.61. The maximum absolute atomic E-state index is 5.54. The highest BCUT2D eigenvalue weighted by Crippen LogP contribution is 2.48. The van der Waals surface area contributed by atoms with Gasteiger partial charge in [-0.05, 0) is 73.7 Å². The molecule has 4 rings (SSSR count). The van der Waals surface area contributed by atoms with Crippen molar-refractivity contribution >= 4 is 0 Å². The largest absolute Gasteiger partial charge is 0.497 e. The van der Waals surface area contributed by atoms with E-state index in [1.165, 1.54) is 24.1 Å². The summed E-state index contributed by atoms with van der Waals surface area (Å²) in [4.78, 5) is 2.59. The molecule has 1 heterocycles. The van der Waals surface area contributed by atoms with Gasteiger partial charge < -0.3 is 9.64 Å². The Morgan fingerprint density at radius 2 is 1.96 bits per heavy atom. The van der Waals surface area contributed by atoms with Crippen LogP contribution < -0.4 is 4.74 Å². The van der Waals surface area contributed by atoms with E-state index in [1.807, 2.05) is 24.3 Å². The molecule has 2 heteroatoms. The monoisotopic (exact) mass is 371 g/mol. The third-order valence-corrected chi connectivity index (χ3v) is 6.44. The van der Waals surface area contributed by atoms with Gasteiger partial charge in [-0.1, -0.05) is 55.2 Å². The van der Waals surface area contributed by atoms with Crippen LogP contribution in [0.25, 0.3) is 0 Å². The lowest BCUT2D eigenvalue weighted by molar-refractivity contribution is 0.110. The Morgan fingerprint density at radius 3 is 2.75 bits per heavy atom. The van der Waals surface area contributed by atoms with Crippen LogP contribution >= 0.6 is 0 Å². The number of fused-ring (bicyclic) bond motifs is 1. The van der Waals surface area contributed by atoms with E-state index in [9.17, 15) is 0 Å². The van der Waals surface area contributed by atoms with Gasteiger partial charge in [0.1, 0.15) is 5.75 Å². The molecular formula is C26H29NO. The minimum Gasteiger partial charge on any atom is -0.497 e. The van der Waals surface area contributed by atoms with Gasteiger partial charge in [0.25, 0.3) is 0 Å². The molecule has 144 valence electrons. The molecular weight excluding hydrogens is 342 g/mol. The molecule has 1 aliphatic heterocycles. The summed E-state index contributed by atoms with van der Waals surface area (Å²) in [7, 11) is 1.75. The van der Waals surface area contributed by atoms with Crippen molar-refractivity contribution in [2.75, 3.05) is 26.7 Å². The maximum atomic E-state index is 5.54. The molecule has 0 saturated carbocycles. The third-order valence-electron chi connectivity index (χ3n) is 6.44. The lowest BCUT2D eigenvalue weighted by Crippen LogP contribution is -2.50. The van der Waals surface area contributed by atoms with Gasteiger partial charge in [0.15, 0.2) is 0 Å². The minimum atomic E-state index is 0.0686. The molecule has 1 aliphatic carbocycles. The second-order valence-electron chi connectivity index (χ2n) is 7.94. The summed E-state index contributed by atoms with van der Waals surface area (Å²) in [6.45, 7) is 5.72. The van der Waals surface area contributed by atoms with Crippen molar-refractivity contribution in [2.24, 2.45) is 5.92 Å². The average Bonchev–Trinajstić information content (AvgIpc) is 2.77. The Bertz CT molecular complexity index is 905. The number of nitrogens with zero attached hydrogens (tertiary/aromatic N) is 1. The van der Waals surface area contributed by atoms with Crippen LogP contribution in [0.15, 0.2) is 66.2 Å². The predicted molar refractivity (Wildman–Crippen MR) is 116 cm³/mol. The van der Waals surface area contributed by atoms with Crippen LogP contribution in [0.4, 0.5) is 0 Å². The smallest absolute Gasteiger partial charge is 0.119 e. The highest BCUT2D eigenvalue weighted by Gasteiger charge is 2.44. The molecule has 0 spiro atoms. The van der Waals surface area contributed by atoms with E-state index in [2.05, 4.69) is 60.1 Å². The van der Waals surface area contributed by atoms with Crippen LogP contribution in [0.2, 0.25) is 0 Å². The summed E-state index contributed by atoms with van der Waals surface area (Å²) in [5.41, 5.74) is 3.82. The highest BCUT2D eigenvalue weighted by molar-refractivity contribution is 5.47. The van der Waals surface area contributed by atoms with Gasteiger partial charge >= 0.3 is 0 Å². The number of hydrogen-bond donors (Lipinski definition) is 0. The molecule has 2 aromatic carbocycles. The minimum absolute atomic E-state index is 0.0686. The molecule has 0 amide bonds. The second-order valence-corrected chi connectivity index (χ2v) is 7.94. The number of methoxy groups -OCH3 is 1. The summed E-state index contributed by atoms with van der Waals surface area (Å²) in [6, 6.07) is 19.0. The number of likely N-dealkylation sites (tertiary alicyclic amines) is 1. The van der Waals surface area contributed by atoms with Crippen molar-refractivity contribution in [3.05, 3.63) is 77.4 Å². The molecule has 2 nitrogen and oxygen atoms in total. The maximum Gasteiger partial charge on any atom is 0.119 e. The molecule has 0 aromatic heterocycles. The zero-order chi connectivity index (χ0) is 19.4. The summed E-state index contributed by atoms with van der Waals surface area (Å²) >= 11 is 0. The molecule has 28 heavy (non-hydrogen) atoms. The van der Waals surface area contributed by atoms with Gasteiger partial charge in [-0.2, -0.15) is 0 Å². The fourth-order valence-corrected chi connectivity index (χ4v) is 4.80. The van der Waals surface area contributed by atoms with Crippen LogP contribution in [0.3, 0.4) is 0 Å². The first-order valence-electron chi connectivity index (χ1n) is 10.4. The Balaban J connectivity index is 1.73. The fourth-order valence-electron chi connectivity index (χ4n) is 4.80. The highest BCUT2D eigenvalue weighted by atomic mass is 16.5. The van der Waals surface area contributed by atoms with Crippen LogP contribution in [0.5, 0.6) is 5.75 Å².